The number of aliphatic hydroxyl groups is 1. The molecule has 78 valence electrons. The van der Waals surface area contributed by atoms with Crippen LogP contribution in [0, 0.1) is 5.92 Å². The topological polar surface area (TPSA) is 29.5 Å². The molecule has 0 saturated carbocycles. The van der Waals surface area contributed by atoms with Crippen molar-refractivity contribution in [1.82, 2.24) is 0 Å². The van der Waals surface area contributed by atoms with Crippen LogP contribution in [0.3, 0.4) is 0 Å². The molecule has 14 heavy (non-hydrogen) atoms. The molecule has 1 aromatic rings. The van der Waals surface area contributed by atoms with Gasteiger partial charge in [-0.3, -0.25) is 0 Å². The summed E-state index contributed by atoms with van der Waals surface area (Å²) in [5.74, 6) is 1.36. The van der Waals surface area contributed by atoms with Crippen molar-refractivity contribution in [3.8, 4) is 5.75 Å². The summed E-state index contributed by atoms with van der Waals surface area (Å²) < 4.78 is 5.62. The Balaban J connectivity index is 2.57. The quantitative estimate of drug-likeness (QED) is 0.780. The van der Waals surface area contributed by atoms with Gasteiger partial charge in [0.05, 0.1) is 13.2 Å². The Morgan fingerprint density at radius 3 is 2.71 bits per heavy atom. The van der Waals surface area contributed by atoms with E-state index in [1.54, 1.807) is 0 Å². The molecule has 0 radical (unpaired) electrons. The molecule has 0 spiro atoms. The van der Waals surface area contributed by atoms with E-state index in [9.17, 15) is 0 Å². The molecule has 2 nitrogen and oxygen atoms in total. The van der Waals surface area contributed by atoms with Crippen molar-refractivity contribution in [2.75, 3.05) is 6.61 Å². The second kappa shape index (κ2) is 5.66. The van der Waals surface area contributed by atoms with Gasteiger partial charge in [-0.05, 0) is 12.0 Å². The van der Waals surface area contributed by atoms with Crippen LogP contribution in [0.5, 0.6) is 5.75 Å². The smallest absolute Gasteiger partial charge is 0.124 e. The second-order valence-electron chi connectivity index (χ2n) is 3.59. The van der Waals surface area contributed by atoms with Gasteiger partial charge < -0.3 is 9.84 Å². The highest BCUT2D eigenvalue weighted by Crippen LogP contribution is 2.18. The number of hydrogen-bond donors (Lipinski definition) is 1. The van der Waals surface area contributed by atoms with Crippen LogP contribution in [0.4, 0.5) is 0 Å². The first-order valence-electron chi connectivity index (χ1n) is 5.09. The van der Waals surface area contributed by atoms with E-state index in [0.29, 0.717) is 12.5 Å². The highest BCUT2D eigenvalue weighted by atomic mass is 16.5. The average Bonchev–Trinajstić information content (AvgIpc) is 2.26. The van der Waals surface area contributed by atoms with Crippen molar-refractivity contribution in [3.05, 3.63) is 29.8 Å². The lowest BCUT2D eigenvalue weighted by atomic mass is 10.1. The zero-order valence-electron chi connectivity index (χ0n) is 8.86. The van der Waals surface area contributed by atoms with Crippen LogP contribution in [-0.4, -0.2) is 11.7 Å². The predicted molar refractivity (Wildman–Crippen MR) is 57.3 cm³/mol. The third-order valence-corrected chi connectivity index (χ3v) is 2.36. The van der Waals surface area contributed by atoms with Crippen LogP contribution in [-0.2, 0) is 6.61 Å². The van der Waals surface area contributed by atoms with Gasteiger partial charge in [0.25, 0.3) is 0 Å². The van der Waals surface area contributed by atoms with Crippen LogP contribution in [0.1, 0.15) is 25.8 Å². The van der Waals surface area contributed by atoms with Crippen LogP contribution < -0.4 is 4.74 Å². The monoisotopic (exact) mass is 194 g/mol. The normalized spacial score (nSPS) is 12.5. The maximum absolute atomic E-state index is 9.06. The Hall–Kier alpha value is -1.02. The average molecular weight is 194 g/mol. The van der Waals surface area contributed by atoms with Crippen molar-refractivity contribution in [1.29, 1.82) is 0 Å². The van der Waals surface area contributed by atoms with E-state index in [4.69, 9.17) is 9.84 Å². The molecule has 1 aromatic carbocycles. The van der Waals surface area contributed by atoms with Crippen molar-refractivity contribution in [3.63, 3.8) is 0 Å². The molecule has 0 aliphatic rings. The summed E-state index contributed by atoms with van der Waals surface area (Å²) in [5.41, 5.74) is 0.857. The number of benzene rings is 1. The van der Waals surface area contributed by atoms with E-state index in [0.717, 1.165) is 17.7 Å². The maximum Gasteiger partial charge on any atom is 0.124 e. The molecule has 0 aliphatic carbocycles. The molecule has 1 N–H and O–H groups in total. The highest BCUT2D eigenvalue weighted by molar-refractivity contribution is 5.32. The molecule has 0 heterocycles. The van der Waals surface area contributed by atoms with Crippen LogP contribution in [0.15, 0.2) is 24.3 Å². The summed E-state index contributed by atoms with van der Waals surface area (Å²) in [4.78, 5) is 0. The van der Waals surface area contributed by atoms with Crippen molar-refractivity contribution in [2.24, 2.45) is 5.92 Å². The molecule has 0 aliphatic heterocycles. The van der Waals surface area contributed by atoms with Gasteiger partial charge in [-0.25, -0.2) is 0 Å². The van der Waals surface area contributed by atoms with Crippen LogP contribution in [0.2, 0.25) is 0 Å². The van der Waals surface area contributed by atoms with Gasteiger partial charge in [0.2, 0.25) is 0 Å². The standard InChI is InChI=1S/C12H18O2/c1-3-10(2)9-14-12-7-5-4-6-11(12)8-13/h4-7,10,13H,3,8-9H2,1-2H3. The number of aliphatic hydroxyl groups excluding tert-OH is 1. The number of ether oxygens (including phenoxy) is 1. The van der Waals surface area contributed by atoms with Crippen molar-refractivity contribution in [2.45, 2.75) is 26.9 Å². The summed E-state index contributed by atoms with van der Waals surface area (Å²) >= 11 is 0. The van der Waals surface area contributed by atoms with Gasteiger partial charge >= 0.3 is 0 Å². The molecule has 1 rings (SSSR count). The first-order valence-corrected chi connectivity index (χ1v) is 5.09. The van der Waals surface area contributed by atoms with Gasteiger partial charge in [-0.2, -0.15) is 0 Å². The Bertz CT molecular complexity index is 271. The highest BCUT2D eigenvalue weighted by Gasteiger charge is 2.03. The zero-order valence-corrected chi connectivity index (χ0v) is 8.86. The van der Waals surface area contributed by atoms with Crippen molar-refractivity contribution < 1.29 is 9.84 Å². The number of para-hydroxylation sites is 1. The fraction of sp³-hybridized carbons (Fsp3) is 0.500. The van der Waals surface area contributed by atoms with Gasteiger partial charge in [0.15, 0.2) is 0 Å². The molecular formula is C12H18O2. The summed E-state index contributed by atoms with van der Waals surface area (Å²) in [6.07, 6.45) is 1.11. The summed E-state index contributed by atoms with van der Waals surface area (Å²) in [6.45, 7) is 5.05. The third kappa shape index (κ3) is 3.04. The molecule has 0 saturated heterocycles. The van der Waals surface area contributed by atoms with E-state index < -0.39 is 0 Å². The predicted octanol–water partition coefficient (Wildman–Crippen LogP) is 2.60. The zero-order chi connectivity index (χ0) is 10.4. The SMILES string of the molecule is CCC(C)COc1ccccc1CO. The Kier molecular flexibility index (Phi) is 4.47. The van der Waals surface area contributed by atoms with Gasteiger partial charge in [-0.1, -0.05) is 38.5 Å². The molecule has 0 bridgehead atoms. The van der Waals surface area contributed by atoms with Crippen LogP contribution in [0.25, 0.3) is 0 Å². The fourth-order valence-corrected chi connectivity index (χ4v) is 1.13. The Morgan fingerprint density at radius 2 is 2.07 bits per heavy atom. The molecule has 1 atom stereocenters. The lowest BCUT2D eigenvalue weighted by Crippen LogP contribution is -2.08. The Labute approximate surface area is 85.5 Å². The van der Waals surface area contributed by atoms with Crippen molar-refractivity contribution >= 4 is 0 Å². The summed E-state index contributed by atoms with van der Waals surface area (Å²) in [6, 6.07) is 7.60. The molecule has 1 unspecified atom stereocenters. The molecule has 0 fully saturated rings. The largest absolute Gasteiger partial charge is 0.493 e. The number of rotatable bonds is 5. The molecule has 0 amide bonds. The first kappa shape index (κ1) is 11.1. The minimum Gasteiger partial charge on any atom is -0.493 e. The van der Waals surface area contributed by atoms with Gasteiger partial charge in [-0.15, -0.1) is 0 Å². The van der Waals surface area contributed by atoms with E-state index in [2.05, 4.69) is 13.8 Å². The molecular weight excluding hydrogens is 176 g/mol. The van der Waals surface area contributed by atoms with E-state index in [-0.39, 0.29) is 6.61 Å². The Morgan fingerprint density at radius 1 is 1.36 bits per heavy atom. The van der Waals surface area contributed by atoms with E-state index >= 15 is 0 Å². The van der Waals surface area contributed by atoms with Crippen LogP contribution >= 0.6 is 0 Å². The molecule has 0 aromatic heterocycles. The first-order chi connectivity index (χ1) is 6.77. The lowest BCUT2D eigenvalue weighted by Gasteiger charge is -2.13. The fourth-order valence-electron chi connectivity index (χ4n) is 1.13. The third-order valence-electron chi connectivity index (χ3n) is 2.36. The van der Waals surface area contributed by atoms with E-state index in [1.807, 2.05) is 24.3 Å². The summed E-state index contributed by atoms with van der Waals surface area (Å²) in [5, 5.41) is 9.06. The maximum atomic E-state index is 9.06. The molecule has 2 heteroatoms. The second-order valence-corrected chi connectivity index (χ2v) is 3.59. The van der Waals surface area contributed by atoms with Gasteiger partial charge in [0, 0.05) is 5.56 Å². The minimum absolute atomic E-state index is 0.0384. The van der Waals surface area contributed by atoms with E-state index in [1.165, 1.54) is 0 Å². The van der Waals surface area contributed by atoms with Gasteiger partial charge in [0.1, 0.15) is 5.75 Å². The summed E-state index contributed by atoms with van der Waals surface area (Å²) in [7, 11) is 0. The number of hydrogen-bond acceptors (Lipinski definition) is 2. The minimum atomic E-state index is 0.0384. The lowest BCUT2D eigenvalue weighted by molar-refractivity contribution is 0.237.